The second-order valence-electron chi connectivity index (χ2n) is 6.52. The lowest BCUT2D eigenvalue weighted by atomic mass is 9.87. The van der Waals surface area contributed by atoms with Gasteiger partial charge in [0.1, 0.15) is 5.54 Å². The van der Waals surface area contributed by atoms with Crippen LogP contribution in [0.2, 0.25) is 5.02 Å². The normalized spacial score (nSPS) is 18.9. The Morgan fingerprint density at radius 1 is 1.12 bits per heavy atom. The Hall–Kier alpha value is -2.24. The fourth-order valence-corrected chi connectivity index (χ4v) is 3.65. The Morgan fingerprint density at radius 3 is 2.64 bits per heavy atom. The van der Waals surface area contributed by atoms with Crippen molar-refractivity contribution < 1.29 is 4.79 Å². The highest BCUT2D eigenvalue weighted by atomic mass is 35.5. The number of piperidine rings is 1. The van der Waals surface area contributed by atoms with E-state index in [2.05, 4.69) is 15.6 Å². The number of nitrogens with one attached hydrogen (secondary N) is 2. The first-order valence-electron chi connectivity index (χ1n) is 8.46. The number of amides is 1. The topological polar surface area (TPSA) is 66.4 Å². The van der Waals surface area contributed by atoms with Crippen LogP contribution in [0.4, 0.5) is 5.69 Å². The van der Waals surface area contributed by atoms with Gasteiger partial charge >= 0.3 is 0 Å². The highest BCUT2D eigenvalue weighted by molar-refractivity contribution is 6.31. The van der Waals surface area contributed by atoms with Crippen molar-refractivity contribution in [2.45, 2.75) is 24.8 Å². The number of carbonyl (C=O) groups is 1. The van der Waals surface area contributed by atoms with E-state index in [9.17, 15) is 4.79 Å². The molecule has 6 heteroatoms. The quantitative estimate of drug-likeness (QED) is 0.871. The minimum atomic E-state index is -0.709. The van der Waals surface area contributed by atoms with E-state index in [0.29, 0.717) is 24.3 Å². The maximum atomic E-state index is 12.9. The first-order valence-corrected chi connectivity index (χ1v) is 8.84. The molecule has 0 radical (unpaired) electrons. The summed E-state index contributed by atoms with van der Waals surface area (Å²) in [7, 11) is 0. The lowest BCUT2D eigenvalue weighted by molar-refractivity contribution is -0.121. The average Bonchev–Trinajstić information content (AvgIpc) is 2.73. The van der Waals surface area contributed by atoms with E-state index in [1.165, 1.54) is 0 Å². The summed E-state index contributed by atoms with van der Waals surface area (Å²) in [5.41, 5.74) is 2.96. The number of benzene rings is 1. The number of hydrogen-bond donors (Lipinski definition) is 2. The van der Waals surface area contributed by atoms with Crippen LogP contribution in [0.25, 0.3) is 0 Å². The second-order valence-corrected chi connectivity index (χ2v) is 6.95. The van der Waals surface area contributed by atoms with Gasteiger partial charge in [0, 0.05) is 40.8 Å². The van der Waals surface area contributed by atoms with E-state index < -0.39 is 5.54 Å². The zero-order valence-electron chi connectivity index (χ0n) is 13.8. The molecule has 0 atom stereocenters. The molecule has 0 bridgehead atoms. The van der Waals surface area contributed by atoms with Crippen LogP contribution in [0, 0.1) is 0 Å². The van der Waals surface area contributed by atoms with Crippen molar-refractivity contribution in [3.05, 3.63) is 58.9 Å². The molecule has 1 saturated heterocycles. The van der Waals surface area contributed by atoms with Crippen LogP contribution in [0.1, 0.15) is 24.0 Å². The number of carbonyl (C=O) groups excluding carboxylic acids is 1. The van der Waals surface area contributed by atoms with Crippen LogP contribution in [0.5, 0.6) is 0 Å². The van der Waals surface area contributed by atoms with Crippen LogP contribution in [0.15, 0.2) is 47.7 Å². The van der Waals surface area contributed by atoms with Gasteiger partial charge in [0.05, 0.1) is 0 Å². The van der Waals surface area contributed by atoms with Gasteiger partial charge in [-0.05, 0) is 61.8 Å². The van der Waals surface area contributed by atoms with Gasteiger partial charge in [0.15, 0.2) is 0 Å². The lowest BCUT2D eigenvalue weighted by Gasteiger charge is -2.32. The zero-order chi connectivity index (χ0) is 17.3. The van der Waals surface area contributed by atoms with Gasteiger partial charge in [0.25, 0.3) is 5.91 Å². The molecule has 0 saturated carbocycles. The molecule has 1 aromatic carbocycles. The molecule has 0 aliphatic carbocycles. The number of pyridine rings is 1. The van der Waals surface area contributed by atoms with Crippen molar-refractivity contribution in [3.63, 3.8) is 0 Å². The molecule has 2 aliphatic rings. The maximum Gasteiger partial charge on any atom is 0.252 e. The third-order valence-electron chi connectivity index (χ3n) is 4.86. The fourth-order valence-electron chi connectivity index (χ4n) is 3.48. The molecular weight excluding hydrogens is 336 g/mol. The van der Waals surface area contributed by atoms with Gasteiger partial charge < -0.3 is 10.6 Å². The van der Waals surface area contributed by atoms with E-state index in [1.54, 1.807) is 18.5 Å². The molecule has 1 spiro atoms. The van der Waals surface area contributed by atoms with Crippen molar-refractivity contribution in [3.8, 4) is 0 Å². The number of halogens is 1. The van der Waals surface area contributed by atoms with Crippen LogP contribution in [0.3, 0.4) is 0 Å². The molecule has 2 N–H and O–H groups in total. The predicted octanol–water partition coefficient (Wildman–Crippen LogP) is 2.84. The standard InChI is InChI=1S/C19H19ClN4O/c20-14-1-2-16-15(12-14)17(11-13-3-7-21-8-4-13)24-19(18(25)23-16)5-9-22-10-6-19/h1-4,7-8,12,22H,5-6,9-11H2,(H,23,25). The smallest absolute Gasteiger partial charge is 0.252 e. The van der Waals surface area contributed by atoms with E-state index in [1.807, 2.05) is 24.3 Å². The average molecular weight is 355 g/mol. The Labute approximate surface area is 151 Å². The number of anilines is 1. The zero-order valence-corrected chi connectivity index (χ0v) is 14.5. The number of rotatable bonds is 2. The van der Waals surface area contributed by atoms with E-state index in [4.69, 9.17) is 16.6 Å². The fraction of sp³-hybridized carbons (Fsp3) is 0.316. The SMILES string of the molecule is O=C1Nc2ccc(Cl)cc2C(Cc2ccncc2)=NC12CCNCC2. The van der Waals surface area contributed by atoms with Crippen molar-refractivity contribution in [2.24, 2.45) is 4.99 Å². The molecule has 2 aromatic rings. The summed E-state index contributed by atoms with van der Waals surface area (Å²) in [6, 6.07) is 9.49. The Kier molecular flexibility index (Phi) is 4.27. The third kappa shape index (κ3) is 3.17. The Balaban J connectivity index is 1.83. The van der Waals surface area contributed by atoms with E-state index in [0.717, 1.165) is 35.6 Å². The molecule has 1 amide bonds. The molecule has 0 unspecified atom stereocenters. The molecule has 4 rings (SSSR count). The summed E-state index contributed by atoms with van der Waals surface area (Å²) >= 11 is 6.22. The molecule has 5 nitrogen and oxygen atoms in total. The van der Waals surface area contributed by atoms with Gasteiger partial charge in [-0.2, -0.15) is 0 Å². The maximum absolute atomic E-state index is 12.9. The van der Waals surface area contributed by atoms with Crippen molar-refractivity contribution in [1.82, 2.24) is 10.3 Å². The van der Waals surface area contributed by atoms with E-state index in [-0.39, 0.29) is 5.91 Å². The number of nitrogens with zero attached hydrogens (tertiary/aromatic N) is 2. The van der Waals surface area contributed by atoms with Crippen molar-refractivity contribution in [2.75, 3.05) is 18.4 Å². The first kappa shape index (κ1) is 16.2. The summed E-state index contributed by atoms with van der Waals surface area (Å²) in [6.07, 6.45) is 5.57. The summed E-state index contributed by atoms with van der Waals surface area (Å²) in [6.45, 7) is 1.58. The van der Waals surface area contributed by atoms with Gasteiger partial charge in [-0.15, -0.1) is 0 Å². The second kappa shape index (κ2) is 6.58. The summed E-state index contributed by atoms with van der Waals surface area (Å²) in [5, 5.41) is 7.02. The number of fused-ring (bicyclic) bond motifs is 1. The third-order valence-corrected chi connectivity index (χ3v) is 5.10. The minimum absolute atomic E-state index is 0.0256. The van der Waals surface area contributed by atoms with Gasteiger partial charge in [0.2, 0.25) is 0 Å². The summed E-state index contributed by atoms with van der Waals surface area (Å²) in [4.78, 5) is 22.0. The van der Waals surface area contributed by atoms with Crippen LogP contribution in [-0.4, -0.2) is 35.2 Å². The van der Waals surface area contributed by atoms with Crippen molar-refractivity contribution in [1.29, 1.82) is 0 Å². The lowest BCUT2D eigenvalue weighted by Crippen LogP contribution is -2.49. The summed E-state index contributed by atoms with van der Waals surface area (Å²) < 4.78 is 0. The molecular formula is C19H19ClN4O. The molecule has 128 valence electrons. The summed E-state index contributed by atoms with van der Waals surface area (Å²) in [5.74, 6) is -0.0256. The Bertz CT molecular complexity index is 829. The van der Waals surface area contributed by atoms with Crippen LogP contribution < -0.4 is 10.6 Å². The van der Waals surface area contributed by atoms with Gasteiger partial charge in [-0.25, -0.2) is 0 Å². The highest BCUT2D eigenvalue weighted by Crippen LogP contribution is 2.33. The molecule has 1 fully saturated rings. The largest absolute Gasteiger partial charge is 0.323 e. The molecule has 1 aromatic heterocycles. The number of aliphatic imine (C=N–C) groups is 1. The molecule has 3 heterocycles. The predicted molar refractivity (Wildman–Crippen MR) is 99.4 cm³/mol. The molecule has 2 aliphatic heterocycles. The van der Waals surface area contributed by atoms with E-state index >= 15 is 0 Å². The number of aromatic nitrogens is 1. The monoisotopic (exact) mass is 354 g/mol. The van der Waals surface area contributed by atoms with Crippen molar-refractivity contribution >= 4 is 28.9 Å². The number of hydrogen-bond acceptors (Lipinski definition) is 4. The first-order chi connectivity index (χ1) is 12.2. The minimum Gasteiger partial charge on any atom is -0.323 e. The van der Waals surface area contributed by atoms with Gasteiger partial charge in [-0.3, -0.25) is 14.8 Å². The Morgan fingerprint density at radius 2 is 1.88 bits per heavy atom. The van der Waals surface area contributed by atoms with Crippen LogP contribution >= 0.6 is 11.6 Å². The van der Waals surface area contributed by atoms with Crippen LogP contribution in [-0.2, 0) is 11.2 Å². The van der Waals surface area contributed by atoms with Gasteiger partial charge in [-0.1, -0.05) is 11.6 Å². The molecule has 25 heavy (non-hydrogen) atoms. The highest BCUT2D eigenvalue weighted by Gasteiger charge is 2.41.